The van der Waals surface area contributed by atoms with Gasteiger partial charge in [0.25, 0.3) is 0 Å². The number of esters is 1. The van der Waals surface area contributed by atoms with Crippen molar-refractivity contribution in [2.45, 2.75) is 30.5 Å². The van der Waals surface area contributed by atoms with E-state index in [9.17, 15) is 55.5 Å². The third-order valence-electron chi connectivity index (χ3n) is 6.86. The second-order valence-electron chi connectivity index (χ2n) is 9.54. The summed E-state index contributed by atoms with van der Waals surface area (Å²) < 4.78 is 16.3. The number of carbonyl (C=O) groups is 1. The fourth-order valence-electron chi connectivity index (χ4n) is 4.75. The molecule has 14 heteroatoms. The zero-order valence-electron chi connectivity index (χ0n) is 21.3. The highest BCUT2D eigenvalue weighted by atomic mass is 16.6. The van der Waals surface area contributed by atoms with Crippen LogP contribution >= 0.6 is 0 Å². The van der Waals surface area contributed by atoms with E-state index in [4.69, 9.17) is 13.9 Å². The molecule has 9 N–H and O–H groups in total. The van der Waals surface area contributed by atoms with Gasteiger partial charge in [-0.25, -0.2) is 4.79 Å². The van der Waals surface area contributed by atoms with Crippen LogP contribution in [0.25, 0.3) is 28.0 Å². The van der Waals surface area contributed by atoms with Gasteiger partial charge in [-0.1, -0.05) is 6.07 Å². The summed E-state index contributed by atoms with van der Waals surface area (Å²) in [6.07, 6.45) is -6.63. The number of rotatable bonds is 5. The largest absolute Gasteiger partial charge is 0.507 e. The molecule has 0 bridgehead atoms. The van der Waals surface area contributed by atoms with Gasteiger partial charge in [-0.15, -0.1) is 0 Å². The molecule has 4 aromatic rings. The van der Waals surface area contributed by atoms with Crippen molar-refractivity contribution in [2.75, 3.05) is 6.61 Å². The lowest BCUT2D eigenvalue weighted by atomic mass is 9.89. The molecule has 0 unspecified atom stereocenters. The van der Waals surface area contributed by atoms with Crippen molar-refractivity contribution < 1.29 is 64.6 Å². The van der Waals surface area contributed by atoms with Gasteiger partial charge in [-0.05, 0) is 29.8 Å². The molecule has 3 aromatic carbocycles. The van der Waals surface area contributed by atoms with Crippen LogP contribution in [0, 0.1) is 0 Å². The molecule has 0 amide bonds. The second kappa shape index (κ2) is 10.8. The van der Waals surface area contributed by atoms with Gasteiger partial charge >= 0.3 is 5.97 Å². The fraction of sp³-hybridized carbons (Fsp3) is 0.214. The van der Waals surface area contributed by atoms with Crippen LogP contribution in [0.5, 0.6) is 34.5 Å². The summed E-state index contributed by atoms with van der Waals surface area (Å²) in [4.78, 5) is 25.8. The average Bonchev–Trinajstić information content (AvgIpc) is 2.94. The first kappa shape index (κ1) is 28.5. The summed E-state index contributed by atoms with van der Waals surface area (Å²) in [5.74, 6) is -4.76. The lowest BCUT2D eigenvalue weighted by Crippen LogP contribution is -2.56. The summed E-state index contributed by atoms with van der Waals surface area (Å²) in [5.41, 5.74) is -1.63. The van der Waals surface area contributed by atoms with E-state index >= 15 is 0 Å². The molecular formula is C28H24O14. The minimum Gasteiger partial charge on any atom is -0.507 e. The van der Waals surface area contributed by atoms with Gasteiger partial charge in [0, 0.05) is 18.2 Å². The molecule has 0 saturated carbocycles. The van der Waals surface area contributed by atoms with E-state index in [-0.39, 0.29) is 22.3 Å². The van der Waals surface area contributed by atoms with Crippen LogP contribution in [-0.2, 0) is 14.3 Å². The van der Waals surface area contributed by atoms with Crippen LogP contribution in [0.1, 0.15) is 17.2 Å². The second-order valence-corrected chi connectivity index (χ2v) is 9.54. The molecule has 1 saturated heterocycles. The van der Waals surface area contributed by atoms with Crippen LogP contribution in [0.4, 0.5) is 0 Å². The van der Waals surface area contributed by atoms with Gasteiger partial charge in [0.05, 0.1) is 17.6 Å². The van der Waals surface area contributed by atoms with Gasteiger partial charge in [-0.2, -0.15) is 0 Å². The van der Waals surface area contributed by atoms with Crippen molar-refractivity contribution in [3.63, 3.8) is 0 Å². The zero-order chi connectivity index (χ0) is 30.5. The minimum absolute atomic E-state index is 0.172. The van der Waals surface area contributed by atoms with Crippen LogP contribution in [-0.4, -0.2) is 83.0 Å². The molecule has 220 valence electrons. The number of ether oxygens (including phenoxy) is 2. The number of benzene rings is 3. The molecule has 0 radical (unpaired) electrons. The van der Waals surface area contributed by atoms with Crippen molar-refractivity contribution in [1.82, 2.24) is 0 Å². The summed E-state index contributed by atoms with van der Waals surface area (Å²) in [6, 6.07) is 6.53. The highest BCUT2D eigenvalue weighted by Crippen LogP contribution is 2.45. The number of aromatic hydroxyl groups is 6. The van der Waals surface area contributed by atoms with Crippen molar-refractivity contribution in [1.29, 1.82) is 0 Å². The molecule has 14 nitrogen and oxygen atoms in total. The number of hydrogen-bond acceptors (Lipinski definition) is 14. The first-order chi connectivity index (χ1) is 19.9. The van der Waals surface area contributed by atoms with Crippen LogP contribution < -0.4 is 5.43 Å². The predicted octanol–water partition coefficient (Wildman–Crippen LogP) is 0.959. The molecule has 1 aliphatic rings. The maximum absolute atomic E-state index is 13.2. The number of phenols is 6. The van der Waals surface area contributed by atoms with E-state index in [1.807, 2.05) is 0 Å². The topological polar surface area (TPSA) is 248 Å². The quantitative estimate of drug-likeness (QED) is 0.0686. The zero-order valence-corrected chi connectivity index (χ0v) is 21.3. The Bertz CT molecular complexity index is 1790. The molecule has 1 fully saturated rings. The number of aliphatic hydroxyl groups excluding tert-OH is 3. The molecule has 42 heavy (non-hydrogen) atoms. The maximum atomic E-state index is 13.2. The minimum atomic E-state index is -1.96. The Balaban J connectivity index is 1.52. The van der Waals surface area contributed by atoms with E-state index in [1.54, 1.807) is 0 Å². The Morgan fingerprint density at radius 1 is 0.857 bits per heavy atom. The number of carbonyl (C=O) groups excluding carboxylic acids is 1. The number of aliphatic hydroxyl groups is 3. The van der Waals surface area contributed by atoms with E-state index in [0.717, 1.165) is 30.3 Å². The Hall–Kier alpha value is -5.02. The summed E-state index contributed by atoms with van der Waals surface area (Å²) in [7, 11) is 0. The van der Waals surface area contributed by atoms with Crippen molar-refractivity contribution in [3.8, 4) is 34.5 Å². The first-order valence-corrected chi connectivity index (χ1v) is 12.3. The third kappa shape index (κ3) is 4.88. The van der Waals surface area contributed by atoms with Crippen LogP contribution in [0.3, 0.4) is 0 Å². The molecule has 0 spiro atoms. The normalized spacial score (nSPS) is 22.6. The lowest BCUT2D eigenvalue weighted by molar-refractivity contribution is -0.240. The first-order valence-electron chi connectivity index (χ1n) is 12.3. The van der Waals surface area contributed by atoms with Gasteiger partial charge in [0.15, 0.2) is 29.1 Å². The molecule has 5 rings (SSSR count). The molecular weight excluding hydrogens is 560 g/mol. The molecule has 1 aliphatic heterocycles. The van der Waals surface area contributed by atoms with E-state index in [2.05, 4.69) is 0 Å². The fourth-order valence-corrected chi connectivity index (χ4v) is 4.75. The summed E-state index contributed by atoms with van der Waals surface area (Å²) >= 11 is 0. The number of fused-ring (bicyclic) bond motifs is 2. The molecule has 5 atom stereocenters. The SMILES string of the molecule is O=C(C=Cc1ccc(O)c(O)c1)O[C@@H]1[C@@H](O)[C@H](c2c(O)cc3oc4cc(O)c(O)cc4c(=O)c3c2O)O[C@H](CO)[C@H]1O. The predicted molar refractivity (Wildman–Crippen MR) is 142 cm³/mol. The average molecular weight is 584 g/mol. The van der Waals surface area contributed by atoms with Crippen LogP contribution in [0.15, 0.2) is 51.7 Å². The van der Waals surface area contributed by atoms with Gasteiger partial charge in [0.1, 0.15) is 52.5 Å². The number of hydrogen-bond donors (Lipinski definition) is 9. The maximum Gasteiger partial charge on any atom is 0.331 e. The monoisotopic (exact) mass is 584 g/mol. The van der Waals surface area contributed by atoms with Crippen molar-refractivity contribution >= 4 is 34.0 Å². The highest BCUT2D eigenvalue weighted by Gasteiger charge is 2.48. The van der Waals surface area contributed by atoms with Gasteiger partial charge in [-0.3, -0.25) is 4.79 Å². The third-order valence-corrected chi connectivity index (χ3v) is 6.86. The lowest BCUT2D eigenvalue weighted by Gasteiger charge is -2.42. The van der Waals surface area contributed by atoms with Crippen molar-refractivity contribution in [2.24, 2.45) is 0 Å². The highest BCUT2D eigenvalue weighted by molar-refractivity contribution is 5.96. The van der Waals surface area contributed by atoms with E-state index < -0.39 is 88.2 Å². The Labute approximate surface area is 234 Å². The van der Waals surface area contributed by atoms with Crippen molar-refractivity contribution in [3.05, 3.63) is 63.8 Å². The Kier molecular flexibility index (Phi) is 7.30. The smallest absolute Gasteiger partial charge is 0.331 e. The molecule has 0 aliphatic carbocycles. The summed E-state index contributed by atoms with van der Waals surface area (Å²) in [5, 5.41) is 91.3. The van der Waals surface area contributed by atoms with Gasteiger partial charge < -0.3 is 59.8 Å². The Morgan fingerprint density at radius 3 is 2.21 bits per heavy atom. The Morgan fingerprint density at radius 2 is 1.52 bits per heavy atom. The standard InChI is InChI=1S/C28H24O14/c29-9-19-24(37)28(42-20(35)4-2-10-1-3-12(30)13(31)5-10)26(39)27(41-19)21-16(34)8-18-22(25(21)38)23(36)11-6-14(32)15(33)7-17(11)40-18/h1-8,19,24,26-34,37-39H,9H2/t19-,24-,26+,27+,28+/m1/s1. The number of phenolic OH excluding ortho intramolecular Hbond substituents is 6. The molecule has 2 heterocycles. The summed E-state index contributed by atoms with van der Waals surface area (Å²) in [6.45, 7) is -0.842. The van der Waals surface area contributed by atoms with E-state index in [1.165, 1.54) is 18.2 Å². The van der Waals surface area contributed by atoms with Crippen LogP contribution in [0.2, 0.25) is 0 Å². The van der Waals surface area contributed by atoms with E-state index in [0.29, 0.717) is 5.56 Å². The van der Waals surface area contributed by atoms with Gasteiger partial charge in [0.2, 0.25) is 5.43 Å². The molecule has 1 aromatic heterocycles.